The SMILES string of the molecule is CCC(C)C(=O)c1c(O)c(CC=C(C)C)c2c3c(cc(=O)oc13)CC(C)O2. The predicted octanol–water partition coefficient (Wildman–Crippen LogP) is 4.56. The van der Waals surface area contributed by atoms with E-state index in [0.29, 0.717) is 36.0 Å². The smallest absolute Gasteiger partial charge is 0.336 e. The molecule has 1 aliphatic heterocycles. The van der Waals surface area contributed by atoms with E-state index >= 15 is 0 Å². The molecule has 5 heteroatoms. The molecular weight excluding hydrogens is 344 g/mol. The molecule has 27 heavy (non-hydrogen) atoms. The molecule has 2 heterocycles. The zero-order valence-corrected chi connectivity index (χ0v) is 16.5. The van der Waals surface area contributed by atoms with Gasteiger partial charge in [0.25, 0.3) is 0 Å². The minimum atomic E-state index is -0.521. The number of benzene rings is 1. The molecule has 144 valence electrons. The van der Waals surface area contributed by atoms with Crippen LogP contribution in [0.4, 0.5) is 0 Å². The quantitative estimate of drug-likeness (QED) is 0.474. The number of ether oxygens (including phenoxy) is 1. The minimum absolute atomic E-state index is 0.0948. The predicted molar refractivity (Wildman–Crippen MR) is 105 cm³/mol. The van der Waals surface area contributed by atoms with Crippen LogP contribution in [-0.4, -0.2) is 17.0 Å². The normalized spacial score (nSPS) is 16.7. The lowest BCUT2D eigenvalue weighted by molar-refractivity contribution is 0.0925. The van der Waals surface area contributed by atoms with Crippen LogP contribution in [0.5, 0.6) is 11.5 Å². The topological polar surface area (TPSA) is 76.7 Å². The van der Waals surface area contributed by atoms with E-state index < -0.39 is 5.63 Å². The van der Waals surface area contributed by atoms with Crippen molar-refractivity contribution in [1.29, 1.82) is 0 Å². The second kappa shape index (κ2) is 7.22. The summed E-state index contributed by atoms with van der Waals surface area (Å²) in [4.78, 5) is 25.1. The number of carbonyl (C=O) groups is 1. The molecule has 0 radical (unpaired) electrons. The maximum Gasteiger partial charge on any atom is 0.336 e. The van der Waals surface area contributed by atoms with E-state index in [1.54, 1.807) is 0 Å². The van der Waals surface area contributed by atoms with Crippen molar-refractivity contribution < 1.29 is 19.1 Å². The zero-order valence-electron chi connectivity index (χ0n) is 16.5. The number of ketones is 1. The standard InChI is InChI=1S/C22H26O5/c1-6-12(4)19(24)18-20(25)15(8-7-11(2)3)21-17-14(9-13(5)26-21)10-16(23)27-22(17)18/h7,10,12-13,25H,6,8-9H2,1-5H3. The third kappa shape index (κ3) is 3.38. The fraction of sp³-hybridized carbons (Fsp3) is 0.455. The van der Waals surface area contributed by atoms with E-state index in [4.69, 9.17) is 9.15 Å². The highest BCUT2D eigenvalue weighted by atomic mass is 16.5. The van der Waals surface area contributed by atoms with Crippen molar-refractivity contribution in [3.8, 4) is 11.5 Å². The molecular formula is C22H26O5. The fourth-order valence-electron chi connectivity index (χ4n) is 3.48. The van der Waals surface area contributed by atoms with Crippen LogP contribution < -0.4 is 10.4 Å². The largest absolute Gasteiger partial charge is 0.507 e. The van der Waals surface area contributed by atoms with Gasteiger partial charge < -0.3 is 14.3 Å². The van der Waals surface area contributed by atoms with Gasteiger partial charge in [-0.3, -0.25) is 4.79 Å². The minimum Gasteiger partial charge on any atom is -0.507 e. The van der Waals surface area contributed by atoms with Gasteiger partial charge in [0, 0.05) is 24.0 Å². The average Bonchev–Trinajstić information content (AvgIpc) is 2.59. The molecule has 1 aliphatic rings. The van der Waals surface area contributed by atoms with Crippen LogP contribution in [0.1, 0.15) is 62.5 Å². The summed E-state index contributed by atoms with van der Waals surface area (Å²) in [7, 11) is 0. The van der Waals surface area contributed by atoms with Gasteiger partial charge >= 0.3 is 5.63 Å². The van der Waals surface area contributed by atoms with Gasteiger partial charge in [0.2, 0.25) is 0 Å². The van der Waals surface area contributed by atoms with Gasteiger partial charge in [-0.05, 0) is 39.2 Å². The number of hydrogen-bond donors (Lipinski definition) is 1. The van der Waals surface area contributed by atoms with Crippen LogP contribution in [0.15, 0.2) is 26.9 Å². The summed E-state index contributed by atoms with van der Waals surface area (Å²) in [6, 6.07) is 1.46. The highest BCUT2D eigenvalue weighted by molar-refractivity contribution is 6.12. The van der Waals surface area contributed by atoms with Crippen LogP contribution >= 0.6 is 0 Å². The average molecular weight is 370 g/mol. The Balaban J connectivity index is 2.43. The maximum atomic E-state index is 13.0. The van der Waals surface area contributed by atoms with Crippen LogP contribution in [0.3, 0.4) is 0 Å². The Hall–Kier alpha value is -2.56. The summed E-state index contributed by atoms with van der Waals surface area (Å²) in [6.07, 6.45) is 3.46. The second-order valence-electron chi connectivity index (χ2n) is 7.62. The van der Waals surface area contributed by atoms with E-state index in [-0.39, 0.29) is 34.7 Å². The number of rotatable bonds is 5. The van der Waals surface area contributed by atoms with Gasteiger partial charge in [0.1, 0.15) is 23.2 Å². The summed E-state index contributed by atoms with van der Waals surface area (Å²) in [5.41, 5.74) is 2.18. The number of allylic oxidation sites excluding steroid dienone is 2. The molecule has 0 aliphatic carbocycles. The lowest BCUT2D eigenvalue weighted by atomic mass is 9.88. The van der Waals surface area contributed by atoms with Gasteiger partial charge in [-0.1, -0.05) is 25.5 Å². The molecule has 2 atom stereocenters. The first-order valence-electron chi connectivity index (χ1n) is 9.43. The van der Waals surface area contributed by atoms with Gasteiger partial charge in [0.15, 0.2) is 11.4 Å². The Bertz CT molecular complexity index is 992. The summed E-state index contributed by atoms with van der Waals surface area (Å²) in [6.45, 7) is 9.59. The molecule has 0 saturated heterocycles. The Morgan fingerprint density at radius 2 is 2.11 bits per heavy atom. The molecule has 0 amide bonds. The second-order valence-corrected chi connectivity index (χ2v) is 7.62. The number of Topliss-reactive ketones (excluding diaryl/α,β-unsaturated/α-hetero) is 1. The van der Waals surface area contributed by atoms with Crippen molar-refractivity contribution in [3.05, 3.63) is 44.8 Å². The molecule has 0 fully saturated rings. The Labute approximate surface area is 158 Å². The third-order valence-corrected chi connectivity index (χ3v) is 5.14. The van der Waals surface area contributed by atoms with Crippen molar-refractivity contribution in [2.75, 3.05) is 0 Å². The molecule has 1 aromatic heterocycles. The van der Waals surface area contributed by atoms with Crippen molar-refractivity contribution in [1.82, 2.24) is 0 Å². The van der Waals surface area contributed by atoms with Crippen molar-refractivity contribution in [3.63, 3.8) is 0 Å². The number of hydrogen-bond acceptors (Lipinski definition) is 5. The lowest BCUT2D eigenvalue weighted by Crippen LogP contribution is -2.23. The Morgan fingerprint density at radius 1 is 1.41 bits per heavy atom. The third-order valence-electron chi connectivity index (χ3n) is 5.14. The molecule has 2 unspecified atom stereocenters. The van der Waals surface area contributed by atoms with Gasteiger partial charge in [-0.15, -0.1) is 0 Å². The number of phenolic OH excluding ortho intramolecular Hbond substituents is 1. The highest BCUT2D eigenvalue weighted by Crippen LogP contribution is 2.45. The molecule has 0 bridgehead atoms. The summed E-state index contributed by atoms with van der Waals surface area (Å²) < 4.78 is 11.5. The summed E-state index contributed by atoms with van der Waals surface area (Å²) in [5.74, 6) is -0.148. The molecule has 3 rings (SSSR count). The number of phenols is 1. The highest BCUT2D eigenvalue weighted by Gasteiger charge is 2.32. The molecule has 5 nitrogen and oxygen atoms in total. The van der Waals surface area contributed by atoms with Gasteiger partial charge in [-0.2, -0.15) is 0 Å². The van der Waals surface area contributed by atoms with E-state index in [1.807, 2.05) is 40.7 Å². The van der Waals surface area contributed by atoms with E-state index in [9.17, 15) is 14.7 Å². The Morgan fingerprint density at radius 3 is 2.74 bits per heavy atom. The number of carbonyl (C=O) groups excluding carboxylic acids is 1. The molecule has 1 N–H and O–H groups in total. The van der Waals surface area contributed by atoms with E-state index in [1.165, 1.54) is 6.07 Å². The molecule has 0 spiro atoms. The van der Waals surface area contributed by atoms with Gasteiger partial charge in [0.05, 0.1) is 5.39 Å². The lowest BCUT2D eigenvalue weighted by Gasteiger charge is -2.27. The first-order valence-corrected chi connectivity index (χ1v) is 9.43. The van der Waals surface area contributed by atoms with Crippen molar-refractivity contribution in [2.45, 2.75) is 60.0 Å². The van der Waals surface area contributed by atoms with E-state index in [2.05, 4.69) is 0 Å². The Kier molecular flexibility index (Phi) is 5.13. The van der Waals surface area contributed by atoms with Crippen molar-refractivity contribution >= 4 is 16.8 Å². The summed E-state index contributed by atoms with van der Waals surface area (Å²) in [5, 5.41) is 11.7. The summed E-state index contributed by atoms with van der Waals surface area (Å²) >= 11 is 0. The first-order chi connectivity index (χ1) is 12.7. The zero-order chi connectivity index (χ0) is 19.9. The fourth-order valence-corrected chi connectivity index (χ4v) is 3.48. The van der Waals surface area contributed by atoms with Crippen LogP contribution in [-0.2, 0) is 12.8 Å². The number of aromatic hydroxyl groups is 1. The van der Waals surface area contributed by atoms with Gasteiger partial charge in [-0.25, -0.2) is 4.79 Å². The molecule has 1 aromatic carbocycles. The van der Waals surface area contributed by atoms with Crippen LogP contribution in [0.2, 0.25) is 0 Å². The maximum absolute atomic E-state index is 13.0. The van der Waals surface area contributed by atoms with E-state index in [0.717, 1.165) is 11.1 Å². The van der Waals surface area contributed by atoms with Crippen LogP contribution in [0.25, 0.3) is 11.0 Å². The first kappa shape index (κ1) is 19.2. The monoisotopic (exact) mass is 370 g/mol. The van der Waals surface area contributed by atoms with Crippen molar-refractivity contribution in [2.24, 2.45) is 5.92 Å². The van der Waals surface area contributed by atoms with Crippen LogP contribution in [0, 0.1) is 5.92 Å². The molecule has 0 saturated carbocycles. The molecule has 2 aromatic rings.